The van der Waals surface area contributed by atoms with E-state index < -0.39 is 10.0 Å². The number of hydrogen-bond donors (Lipinski definition) is 2. The van der Waals surface area contributed by atoms with Gasteiger partial charge in [-0.1, -0.05) is 24.3 Å². The third-order valence-corrected chi connectivity index (χ3v) is 4.11. The molecule has 1 aromatic carbocycles. The summed E-state index contributed by atoms with van der Waals surface area (Å²) in [6, 6.07) is 6.90. The Hall–Kier alpha value is -0.990. The molecule has 6 nitrogen and oxygen atoms in total. The molecule has 0 radical (unpaired) electrons. The molecule has 0 amide bonds. The van der Waals surface area contributed by atoms with Crippen LogP contribution in [0.15, 0.2) is 24.3 Å². The normalized spacial score (nSPS) is 11.7. The van der Waals surface area contributed by atoms with Gasteiger partial charge in [0.25, 0.3) is 0 Å². The van der Waals surface area contributed by atoms with Gasteiger partial charge in [-0.25, -0.2) is 13.1 Å². The Balaban J connectivity index is 2.30. The average Bonchev–Trinajstić information content (AvgIpc) is 2.46. The molecule has 0 atom stereocenters. The van der Waals surface area contributed by atoms with Crippen molar-refractivity contribution in [1.29, 1.82) is 0 Å². The van der Waals surface area contributed by atoms with E-state index in [-0.39, 0.29) is 12.4 Å². The highest BCUT2D eigenvalue weighted by atomic mass is 32.2. The van der Waals surface area contributed by atoms with E-state index in [1.54, 1.807) is 31.4 Å². The summed E-state index contributed by atoms with van der Waals surface area (Å²) in [6.07, 6.45) is 0.611. The molecule has 7 heteroatoms. The first kappa shape index (κ1) is 18.1. The van der Waals surface area contributed by atoms with E-state index in [1.807, 2.05) is 0 Å². The van der Waals surface area contributed by atoms with Crippen LogP contribution in [0.25, 0.3) is 0 Å². The van der Waals surface area contributed by atoms with Gasteiger partial charge in [-0.2, -0.15) is 0 Å². The maximum atomic E-state index is 11.9. The molecule has 0 saturated carbocycles. The molecule has 120 valence electrons. The van der Waals surface area contributed by atoms with E-state index in [9.17, 15) is 8.42 Å². The molecule has 0 aliphatic rings. The Morgan fingerprint density at radius 2 is 1.95 bits per heavy atom. The zero-order chi connectivity index (χ0) is 15.6. The Kier molecular flexibility index (Phi) is 8.48. The number of sulfonamides is 1. The fraction of sp³-hybridized carbons (Fsp3) is 0.571. The molecule has 0 heterocycles. The molecule has 0 aromatic heterocycles. The van der Waals surface area contributed by atoms with Crippen LogP contribution in [0, 0.1) is 0 Å². The summed E-state index contributed by atoms with van der Waals surface area (Å²) >= 11 is 0. The van der Waals surface area contributed by atoms with Crippen molar-refractivity contribution in [3.63, 3.8) is 0 Å². The fourth-order valence-corrected chi connectivity index (χ4v) is 2.91. The van der Waals surface area contributed by atoms with Gasteiger partial charge in [0.15, 0.2) is 0 Å². The minimum absolute atomic E-state index is 0.0919. The van der Waals surface area contributed by atoms with Crippen molar-refractivity contribution in [2.24, 2.45) is 0 Å². The first-order chi connectivity index (χ1) is 10.1. The zero-order valence-corrected chi connectivity index (χ0v) is 13.1. The third-order valence-electron chi connectivity index (χ3n) is 2.75. The number of hydrogen-bond acceptors (Lipinski definition) is 5. The Morgan fingerprint density at radius 3 is 2.67 bits per heavy atom. The second kappa shape index (κ2) is 9.86. The van der Waals surface area contributed by atoms with E-state index in [2.05, 4.69) is 4.72 Å². The van der Waals surface area contributed by atoms with Crippen LogP contribution in [-0.2, 0) is 31.9 Å². The van der Waals surface area contributed by atoms with Crippen molar-refractivity contribution < 1.29 is 23.0 Å². The zero-order valence-electron chi connectivity index (χ0n) is 12.2. The minimum Gasteiger partial charge on any atom is -0.392 e. The van der Waals surface area contributed by atoms with Crippen LogP contribution < -0.4 is 4.72 Å². The van der Waals surface area contributed by atoms with Gasteiger partial charge in [0.2, 0.25) is 10.0 Å². The Labute approximate surface area is 126 Å². The van der Waals surface area contributed by atoms with Gasteiger partial charge in [0.1, 0.15) is 0 Å². The number of nitrogens with one attached hydrogen (secondary N) is 1. The molecule has 1 aromatic rings. The fourth-order valence-electron chi connectivity index (χ4n) is 1.73. The number of rotatable bonds is 11. The highest BCUT2D eigenvalue weighted by Crippen LogP contribution is 2.08. The summed E-state index contributed by atoms with van der Waals surface area (Å²) in [5.41, 5.74) is 1.36. The molecule has 2 N–H and O–H groups in total. The van der Waals surface area contributed by atoms with Crippen molar-refractivity contribution >= 4 is 10.0 Å². The van der Waals surface area contributed by atoms with Crippen LogP contribution in [0.3, 0.4) is 0 Å². The maximum Gasteiger partial charge on any atom is 0.215 e. The minimum atomic E-state index is -3.37. The van der Waals surface area contributed by atoms with Gasteiger partial charge in [0, 0.05) is 20.3 Å². The number of ether oxygens (including phenoxy) is 2. The predicted molar refractivity (Wildman–Crippen MR) is 80.3 cm³/mol. The van der Waals surface area contributed by atoms with Gasteiger partial charge < -0.3 is 14.6 Å². The van der Waals surface area contributed by atoms with E-state index in [0.717, 1.165) is 0 Å². The van der Waals surface area contributed by atoms with Gasteiger partial charge in [-0.05, 0) is 17.5 Å². The SMILES string of the molecule is COCCOCCCNS(=O)(=O)Cc1cccc(CO)c1. The Morgan fingerprint density at radius 1 is 1.19 bits per heavy atom. The smallest absolute Gasteiger partial charge is 0.215 e. The third kappa shape index (κ3) is 8.13. The highest BCUT2D eigenvalue weighted by Gasteiger charge is 2.11. The topological polar surface area (TPSA) is 84.9 Å². The molecular formula is C14H23NO5S. The quantitative estimate of drug-likeness (QED) is 0.585. The largest absolute Gasteiger partial charge is 0.392 e. The van der Waals surface area contributed by atoms with E-state index in [1.165, 1.54) is 0 Å². The standard InChI is InChI=1S/C14H23NO5S/c1-19-8-9-20-7-3-6-15-21(17,18)12-14-5-2-4-13(10-14)11-16/h2,4-5,10,15-16H,3,6-9,11-12H2,1H3. The van der Waals surface area contributed by atoms with Crippen molar-refractivity contribution in [2.45, 2.75) is 18.8 Å². The van der Waals surface area contributed by atoms with Crippen molar-refractivity contribution in [1.82, 2.24) is 4.72 Å². The lowest BCUT2D eigenvalue weighted by Gasteiger charge is -2.08. The molecule has 0 saturated heterocycles. The first-order valence-corrected chi connectivity index (χ1v) is 8.45. The highest BCUT2D eigenvalue weighted by molar-refractivity contribution is 7.88. The summed E-state index contributed by atoms with van der Waals surface area (Å²) in [4.78, 5) is 0. The summed E-state index contributed by atoms with van der Waals surface area (Å²) in [5, 5.41) is 9.03. The lowest BCUT2D eigenvalue weighted by atomic mass is 10.1. The molecule has 0 fully saturated rings. The van der Waals surface area contributed by atoms with E-state index in [0.29, 0.717) is 43.9 Å². The van der Waals surface area contributed by atoms with Gasteiger partial charge >= 0.3 is 0 Å². The molecular weight excluding hydrogens is 294 g/mol. The van der Waals surface area contributed by atoms with Gasteiger partial charge in [-0.3, -0.25) is 0 Å². The summed E-state index contributed by atoms with van der Waals surface area (Å²) in [5.74, 6) is -0.0919. The second-order valence-corrected chi connectivity index (χ2v) is 6.40. The van der Waals surface area contributed by atoms with Crippen molar-refractivity contribution in [3.8, 4) is 0 Å². The van der Waals surface area contributed by atoms with E-state index in [4.69, 9.17) is 14.6 Å². The molecule has 0 spiro atoms. The van der Waals surface area contributed by atoms with Gasteiger partial charge in [0.05, 0.1) is 25.6 Å². The van der Waals surface area contributed by atoms with Crippen molar-refractivity contribution in [3.05, 3.63) is 35.4 Å². The lowest BCUT2D eigenvalue weighted by molar-refractivity contribution is 0.0699. The van der Waals surface area contributed by atoms with Crippen LogP contribution in [0.5, 0.6) is 0 Å². The van der Waals surface area contributed by atoms with Crippen molar-refractivity contribution in [2.75, 3.05) is 33.5 Å². The monoisotopic (exact) mass is 317 g/mol. The molecule has 0 aliphatic carbocycles. The molecule has 0 unspecified atom stereocenters. The number of methoxy groups -OCH3 is 1. The number of benzene rings is 1. The maximum absolute atomic E-state index is 11.9. The van der Waals surface area contributed by atoms with E-state index >= 15 is 0 Å². The second-order valence-electron chi connectivity index (χ2n) is 4.59. The number of aliphatic hydroxyl groups is 1. The van der Waals surface area contributed by atoms with Crippen LogP contribution in [0.1, 0.15) is 17.5 Å². The van der Waals surface area contributed by atoms with Crippen LogP contribution in [0.2, 0.25) is 0 Å². The van der Waals surface area contributed by atoms with Gasteiger partial charge in [-0.15, -0.1) is 0 Å². The summed E-state index contributed by atoms with van der Waals surface area (Å²) in [6.45, 7) is 1.78. The predicted octanol–water partition coefficient (Wildman–Crippen LogP) is 0.651. The van der Waals surface area contributed by atoms with Crippen LogP contribution in [-0.4, -0.2) is 47.0 Å². The molecule has 0 bridgehead atoms. The summed E-state index contributed by atoms with van der Waals surface area (Å²) < 4.78 is 36.4. The summed E-state index contributed by atoms with van der Waals surface area (Å²) in [7, 11) is -1.77. The lowest BCUT2D eigenvalue weighted by Crippen LogP contribution is -2.27. The first-order valence-electron chi connectivity index (χ1n) is 6.80. The van der Waals surface area contributed by atoms with Crippen LogP contribution in [0.4, 0.5) is 0 Å². The number of aliphatic hydroxyl groups excluding tert-OH is 1. The molecule has 0 aliphatic heterocycles. The Bertz CT molecular complexity index is 504. The molecule has 1 rings (SSSR count). The van der Waals surface area contributed by atoms with Crippen LogP contribution >= 0.6 is 0 Å². The molecule has 21 heavy (non-hydrogen) atoms. The average molecular weight is 317 g/mol.